The number of hydrogen-bond donors (Lipinski definition) is 2. The average Bonchev–Trinajstić information content (AvgIpc) is 2.80. The molecule has 0 saturated carbocycles. The van der Waals surface area contributed by atoms with Gasteiger partial charge in [-0.2, -0.15) is 4.98 Å². The number of nitrogens with one attached hydrogen (secondary N) is 2. The van der Waals surface area contributed by atoms with Crippen LogP contribution in [0.15, 0.2) is 59.0 Å². The lowest BCUT2D eigenvalue weighted by molar-refractivity contribution is 0.436. The minimum Gasteiger partial charge on any atom is -0.358 e. The van der Waals surface area contributed by atoms with Crippen LogP contribution in [-0.2, 0) is 6.54 Å². The van der Waals surface area contributed by atoms with E-state index < -0.39 is 0 Å². The van der Waals surface area contributed by atoms with Gasteiger partial charge in [0, 0.05) is 43.1 Å². The third-order valence-corrected chi connectivity index (χ3v) is 6.44. The first kappa shape index (κ1) is 22.7. The van der Waals surface area contributed by atoms with E-state index in [9.17, 15) is 0 Å². The highest BCUT2D eigenvalue weighted by molar-refractivity contribution is 7.99. The van der Waals surface area contributed by atoms with Crippen molar-refractivity contribution < 1.29 is 0 Å². The Morgan fingerprint density at radius 1 is 1.16 bits per heavy atom. The fourth-order valence-electron chi connectivity index (χ4n) is 3.28. The Morgan fingerprint density at radius 3 is 2.59 bits per heavy atom. The fourth-order valence-corrected chi connectivity index (χ4v) is 4.28. The number of thiocarbonyl (C=S) groups is 1. The smallest absolute Gasteiger partial charge is 0.232 e. The van der Waals surface area contributed by atoms with Crippen molar-refractivity contribution in [2.75, 3.05) is 23.3 Å². The number of anilines is 2. The molecule has 7 nitrogen and oxygen atoms in total. The Bertz CT molecular complexity index is 1040. The van der Waals surface area contributed by atoms with Crippen molar-refractivity contribution in [2.45, 2.75) is 36.5 Å². The maximum absolute atomic E-state index is 5.95. The summed E-state index contributed by atoms with van der Waals surface area (Å²) in [6, 6.07) is 11.4. The number of rotatable bonds is 6. The van der Waals surface area contributed by atoms with Gasteiger partial charge in [0.1, 0.15) is 10.8 Å². The zero-order valence-corrected chi connectivity index (χ0v) is 20.1. The highest BCUT2D eigenvalue weighted by Gasteiger charge is 2.19. The van der Waals surface area contributed by atoms with Crippen molar-refractivity contribution in [1.29, 1.82) is 0 Å². The van der Waals surface area contributed by atoms with Crippen LogP contribution in [0.1, 0.15) is 25.3 Å². The molecule has 0 amide bonds. The molecule has 3 heterocycles. The largest absolute Gasteiger partial charge is 0.358 e. The summed E-state index contributed by atoms with van der Waals surface area (Å²) in [5, 5.41) is 8.89. The second-order valence-corrected chi connectivity index (χ2v) is 9.46. The molecule has 0 unspecified atom stereocenters. The van der Waals surface area contributed by atoms with Gasteiger partial charge in [-0.25, -0.2) is 15.0 Å². The van der Waals surface area contributed by atoms with Gasteiger partial charge in [-0.1, -0.05) is 30.7 Å². The molecule has 1 fully saturated rings. The molecule has 166 valence electrons. The van der Waals surface area contributed by atoms with Gasteiger partial charge < -0.3 is 15.5 Å². The van der Waals surface area contributed by atoms with E-state index in [2.05, 4.69) is 37.4 Å². The van der Waals surface area contributed by atoms with Gasteiger partial charge in [-0.3, -0.25) is 0 Å². The predicted octanol–water partition coefficient (Wildman–Crippen LogP) is 4.79. The summed E-state index contributed by atoms with van der Waals surface area (Å²) in [6.45, 7) is 4.82. The molecule has 0 aliphatic carbocycles. The van der Waals surface area contributed by atoms with E-state index in [0.717, 1.165) is 48.3 Å². The van der Waals surface area contributed by atoms with Crippen LogP contribution in [0.2, 0.25) is 5.02 Å². The number of hydrogen-bond acceptors (Lipinski definition) is 7. The molecule has 3 aromatic rings. The van der Waals surface area contributed by atoms with E-state index in [1.54, 1.807) is 18.5 Å². The van der Waals surface area contributed by atoms with E-state index in [0.29, 0.717) is 27.8 Å². The van der Waals surface area contributed by atoms with Crippen molar-refractivity contribution in [3.63, 3.8) is 0 Å². The van der Waals surface area contributed by atoms with Gasteiger partial charge in [-0.05, 0) is 66.5 Å². The van der Waals surface area contributed by atoms with Crippen molar-refractivity contribution in [3.8, 4) is 0 Å². The Labute approximate surface area is 202 Å². The van der Waals surface area contributed by atoms with Crippen LogP contribution >= 0.6 is 35.6 Å². The number of aromatic nitrogens is 4. The van der Waals surface area contributed by atoms with E-state index in [4.69, 9.17) is 28.8 Å². The van der Waals surface area contributed by atoms with Gasteiger partial charge in [0.05, 0.1) is 0 Å². The molecule has 2 N–H and O–H groups in total. The van der Waals surface area contributed by atoms with Crippen LogP contribution < -0.4 is 15.5 Å². The van der Waals surface area contributed by atoms with Gasteiger partial charge in [-0.15, -0.1) is 0 Å². The maximum Gasteiger partial charge on any atom is 0.232 e. The first-order valence-corrected chi connectivity index (χ1v) is 12.0. The van der Waals surface area contributed by atoms with E-state index >= 15 is 0 Å². The highest BCUT2D eigenvalue weighted by Crippen LogP contribution is 2.29. The monoisotopic (exact) mass is 485 g/mol. The second-order valence-electron chi connectivity index (χ2n) is 7.63. The third-order valence-electron chi connectivity index (χ3n) is 5.13. The molecule has 32 heavy (non-hydrogen) atoms. The molecule has 1 aromatic carbocycles. The summed E-state index contributed by atoms with van der Waals surface area (Å²) in [7, 11) is 0. The molecule has 4 rings (SSSR count). The minimum atomic E-state index is 0.452. The van der Waals surface area contributed by atoms with Crippen LogP contribution in [0.4, 0.5) is 11.8 Å². The van der Waals surface area contributed by atoms with E-state index in [-0.39, 0.29) is 0 Å². The Kier molecular flexibility index (Phi) is 7.72. The maximum atomic E-state index is 5.95. The standard InChI is InChI=1S/C22H24ClN7S2/c1-15-7-11-30(12-8-15)18-13-19(32-22-24-9-2-10-25-22)28-20(27-18)29-21(31)26-14-16-3-5-17(23)6-4-16/h2-6,9-10,13,15H,7-8,11-12,14H2,1H3,(H2,26,27,28,29,31). The lowest BCUT2D eigenvalue weighted by atomic mass is 9.99. The Morgan fingerprint density at radius 2 is 1.88 bits per heavy atom. The average molecular weight is 486 g/mol. The summed E-state index contributed by atoms with van der Waals surface area (Å²) in [5.74, 6) is 2.07. The molecule has 0 bridgehead atoms. The molecule has 0 spiro atoms. The van der Waals surface area contributed by atoms with Gasteiger partial charge in [0.15, 0.2) is 10.3 Å². The third kappa shape index (κ3) is 6.51. The summed E-state index contributed by atoms with van der Waals surface area (Å²) in [5.41, 5.74) is 1.08. The SMILES string of the molecule is CC1CCN(c2cc(Sc3ncccn3)nc(NC(=S)NCc3ccc(Cl)cc3)n2)CC1. The van der Waals surface area contributed by atoms with E-state index in [1.165, 1.54) is 11.8 Å². The number of benzene rings is 1. The van der Waals surface area contributed by atoms with Crippen LogP contribution in [-0.4, -0.2) is 38.1 Å². The lowest BCUT2D eigenvalue weighted by Gasteiger charge is -2.31. The summed E-state index contributed by atoms with van der Waals surface area (Å²) < 4.78 is 0. The summed E-state index contributed by atoms with van der Waals surface area (Å²) in [6.07, 6.45) is 5.74. The van der Waals surface area contributed by atoms with Crippen molar-refractivity contribution in [1.82, 2.24) is 25.3 Å². The zero-order chi connectivity index (χ0) is 22.3. The van der Waals surface area contributed by atoms with Crippen molar-refractivity contribution in [2.24, 2.45) is 5.92 Å². The summed E-state index contributed by atoms with van der Waals surface area (Å²) >= 11 is 12.8. The first-order valence-electron chi connectivity index (χ1n) is 10.4. The molecule has 0 atom stereocenters. The number of halogens is 1. The molecular formula is C22H24ClN7S2. The number of nitrogens with zero attached hydrogens (tertiary/aromatic N) is 5. The van der Waals surface area contributed by atoms with Crippen molar-refractivity contribution >= 4 is 52.5 Å². The van der Waals surface area contributed by atoms with Crippen LogP contribution in [0, 0.1) is 5.92 Å². The Balaban J connectivity index is 1.48. The van der Waals surface area contributed by atoms with Gasteiger partial charge >= 0.3 is 0 Å². The van der Waals surface area contributed by atoms with E-state index in [1.807, 2.05) is 30.3 Å². The highest BCUT2D eigenvalue weighted by atomic mass is 35.5. The zero-order valence-electron chi connectivity index (χ0n) is 17.7. The van der Waals surface area contributed by atoms with Crippen molar-refractivity contribution in [3.05, 3.63) is 59.4 Å². The normalized spacial score (nSPS) is 14.2. The lowest BCUT2D eigenvalue weighted by Crippen LogP contribution is -2.34. The number of piperidine rings is 1. The molecule has 1 saturated heterocycles. The molecular weight excluding hydrogens is 462 g/mol. The molecule has 10 heteroatoms. The van der Waals surface area contributed by atoms with Crippen LogP contribution in [0.3, 0.4) is 0 Å². The fraction of sp³-hybridized carbons (Fsp3) is 0.318. The first-order chi connectivity index (χ1) is 15.5. The quantitative estimate of drug-likeness (QED) is 0.291. The van der Waals surface area contributed by atoms with Crippen LogP contribution in [0.5, 0.6) is 0 Å². The van der Waals surface area contributed by atoms with Crippen LogP contribution in [0.25, 0.3) is 0 Å². The second kappa shape index (κ2) is 10.9. The minimum absolute atomic E-state index is 0.452. The van der Waals surface area contributed by atoms with Gasteiger partial charge in [0.25, 0.3) is 0 Å². The molecule has 1 aliphatic rings. The summed E-state index contributed by atoms with van der Waals surface area (Å²) in [4.78, 5) is 20.3. The van der Waals surface area contributed by atoms with Gasteiger partial charge in [0.2, 0.25) is 5.95 Å². The molecule has 0 radical (unpaired) electrons. The predicted molar refractivity (Wildman–Crippen MR) is 133 cm³/mol. The molecule has 1 aliphatic heterocycles. The Hall–Kier alpha value is -2.49. The topological polar surface area (TPSA) is 78.9 Å². The molecule has 2 aromatic heterocycles.